The molecule has 0 spiro atoms. The lowest BCUT2D eigenvalue weighted by atomic mass is 10.0. The van der Waals surface area contributed by atoms with Crippen molar-refractivity contribution in [2.75, 3.05) is 19.6 Å². The molecule has 15 heavy (non-hydrogen) atoms. The van der Waals surface area contributed by atoms with Crippen LogP contribution in [0.2, 0.25) is 0 Å². The summed E-state index contributed by atoms with van der Waals surface area (Å²) in [7, 11) is 0. The van der Waals surface area contributed by atoms with Crippen LogP contribution in [0.1, 0.15) is 19.6 Å². The first-order chi connectivity index (χ1) is 7.25. The van der Waals surface area contributed by atoms with Crippen LogP contribution in [0, 0.1) is 5.92 Å². The second-order valence-electron chi connectivity index (χ2n) is 4.52. The van der Waals surface area contributed by atoms with E-state index >= 15 is 0 Å². The summed E-state index contributed by atoms with van der Waals surface area (Å²) in [5.74, 6) is 1.64. The number of piperazine rings is 1. The zero-order valence-corrected chi connectivity index (χ0v) is 9.44. The van der Waals surface area contributed by atoms with Gasteiger partial charge in [0.2, 0.25) is 0 Å². The predicted octanol–water partition coefficient (Wildman–Crippen LogP) is 1.10. The Morgan fingerprint density at radius 1 is 1.67 bits per heavy atom. The second kappa shape index (κ2) is 4.77. The summed E-state index contributed by atoms with van der Waals surface area (Å²) in [6, 6.07) is 2.54. The van der Waals surface area contributed by atoms with E-state index in [4.69, 9.17) is 4.52 Å². The molecular formula is C11H19N3O. The molecule has 1 aromatic rings. The number of hydrogen-bond donors (Lipinski definition) is 1. The molecule has 1 N–H and O–H groups in total. The van der Waals surface area contributed by atoms with Crippen molar-refractivity contribution in [1.29, 1.82) is 0 Å². The van der Waals surface area contributed by atoms with Crippen LogP contribution in [0.25, 0.3) is 0 Å². The topological polar surface area (TPSA) is 41.3 Å². The maximum Gasteiger partial charge on any atom is 0.150 e. The first-order valence-corrected chi connectivity index (χ1v) is 5.61. The zero-order chi connectivity index (χ0) is 10.7. The molecule has 4 heteroatoms. The van der Waals surface area contributed by atoms with Gasteiger partial charge in [-0.05, 0) is 5.92 Å². The fraction of sp³-hybridized carbons (Fsp3) is 0.727. The standard InChI is InChI=1S/C11H19N3O/c1-9(2)11-8-14(6-5-12-11)7-10-3-4-13-15-10/h3-4,9,11-12H,5-8H2,1-2H3. The summed E-state index contributed by atoms with van der Waals surface area (Å²) >= 11 is 0. The summed E-state index contributed by atoms with van der Waals surface area (Å²) in [6.07, 6.45) is 1.71. The molecule has 0 aromatic carbocycles. The third-order valence-electron chi connectivity index (χ3n) is 2.96. The molecule has 0 saturated carbocycles. The van der Waals surface area contributed by atoms with Crippen LogP contribution in [-0.2, 0) is 6.54 Å². The summed E-state index contributed by atoms with van der Waals surface area (Å²) in [4.78, 5) is 2.42. The normalized spacial score (nSPS) is 23.5. The molecule has 1 unspecified atom stereocenters. The lowest BCUT2D eigenvalue weighted by molar-refractivity contribution is 0.154. The van der Waals surface area contributed by atoms with E-state index in [-0.39, 0.29) is 0 Å². The van der Waals surface area contributed by atoms with Gasteiger partial charge in [-0.2, -0.15) is 0 Å². The van der Waals surface area contributed by atoms with Crippen molar-refractivity contribution in [3.63, 3.8) is 0 Å². The molecule has 84 valence electrons. The van der Waals surface area contributed by atoms with Gasteiger partial charge < -0.3 is 9.84 Å². The maximum absolute atomic E-state index is 5.12. The number of nitrogens with zero attached hydrogens (tertiary/aromatic N) is 2. The molecule has 0 amide bonds. The third kappa shape index (κ3) is 2.79. The Hall–Kier alpha value is -0.870. The van der Waals surface area contributed by atoms with Crippen LogP contribution < -0.4 is 5.32 Å². The molecule has 0 radical (unpaired) electrons. The first kappa shape index (κ1) is 10.6. The molecule has 1 aliphatic rings. The summed E-state index contributed by atoms with van der Waals surface area (Å²) in [5.41, 5.74) is 0. The second-order valence-corrected chi connectivity index (χ2v) is 4.52. The predicted molar refractivity (Wildman–Crippen MR) is 58.4 cm³/mol. The zero-order valence-electron chi connectivity index (χ0n) is 9.44. The Kier molecular flexibility index (Phi) is 3.38. The number of nitrogens with one attached hydrogen (secondary N) is 1. The molecule has 4 nitrogen and oxygen atoms in total. The summed E-state index contributed by atoms with van der Waals surface area (Å²) < 4.78 is 5.12. The lowest BCUT2D eigenvalue weighted by Gasteiger charge is -2.35. The van der Waals surface area contributed by atoms with Crippen molar-refractivity contribution in [2.24, 2.45) is 5.92 Å². The molecule has 1 aliphatic heterocycles. The van der Waals surface area contributed by atoms with E-state index in [2.05, 4.69) is 29.2 Å². The van der Waals surface area contributed by atoms with Crippen LogP contribution in [-0.4, -0.2) is 35.7 Å². The Morgan fingerprint density at radius 3 is 3.20 bits per heavy atom. The molecule has 1 saturated heterocycles. The lowest BCUT2D eigenvalue weighted by Crippen LogP contribution is -2.52. The minimum atomic E-state index is 0.599. The van der Waals surface area contributed by atoms with Crippen molar-refractivity contribution in [2.45, 2.75) is 26.4 Å². The van der Waals surface area contributed by atoms with Gasteiger partial charge in [0.25, 0.3) is 0 Å². The van der Waals surface area contributed by atoms with Gasteiger partial charge in [-0.1, -0.05) is 19.0 Å². The molecule has 1 fully saturated rings. The van der Waals surface area contributed by atoms with E-state index < -0.39 is 0 Å². The van der Waals surface area contributed by atoms with E-state index in [0.29, 0.717) is 12.0 Å². The minimum Gasteiger partial charge on any atom is -0.360 e. The van der Waals surface area contributed by atoms with Crippen LogP contribution in [0.3, 0.4) is 0 Å². The fourth-order valence-corrected chi connectivity index (χ4v) is 1.98. The first-order valence-electron chi connectivity index (χ1n) is 5.61. The fourth-order valence-electron chi connectivity index (χ4n) is 1.98. The van der Waals surface area contributed by atoms with Crippen LogP contribution in [0.5, 0.6) is 0 Å². The van der Waals surface area contributed by atoms with Crippen molar-refractivity contribution in [3.8, 4) is 0 Å². The average Bonchev–Trinajstić information content (AvgIpc) is 2.71. The highest BCUT2D eigenvalue weighted by Crippen LogP contribution is 2.11. The van der Waals surface area contributed by atoms with Gasteiger partial charge in [-0.3, -0.25) is 4.90 Å². The van der Waals surface area contributed by atoms with E-state index in [1.807, 2.05) is 6.07 Å². The van der Waals surface area contributed by atoms with Gasteiger partial charge in [0.1, 0.15) is 0 Å². The minimum absolute atomic E-state index is 0.599. The molecule has 1 atom stereocenters. The molecule has 0 aliphatic carbocycles. The van der Waals surface area contributed by atoms with Crippen LogP contribution >= 0.6 is 0 Å². The van der Waals surface area contributed by atoms with Gasteiger partial charge in [-0.25, -0.2) is 0 Å². The van der Waals surface area contributed by atoms with E-state index in [0.717, 1.165) is 31.9 Å². The van der Waals surface area contributed by atoms with E-state index in [1.165, 1.54) is 0 Å². The smallest absolute Gasteiger partial charge is 0.150 e. The highest BCUT2D eigenvalue weighted by molar-refractivity contribution is 4.94. The summed E-state index contributed by atoms with van der Waals surface area (Å²) in [6.45, 7) is 8.65. The highest BCUT2D eigenvalue weighted by Gasteiger charge is 2.22. The Balaban J connectivity index is 1.88. The van der Waals surface area contributed by atoms with E-state index in [1.54, 1.807) is 6.20 Å². The van der Waals surface area contributed by atoms with Crippen molar-refractivity contribution in [1.82, 2.24) is 15.4 Å². The highest BCUT2D eigenvalue weighted by atomic mass is 16.5. The Labute approximate surface area is 90.6 Å². The van der Waals surface area contributed by atoms with Crippen LogP contribution in [0.15, 0.2) is 16.8 Å². The van der Waals surface area contributed by atoms with Crippen molar-refractivity contribution < 1.29 is 4.52 Å². The SMILES string of the molecule is CC(C)C1CN(Cc2ccno2)CCN1. The third-order valence-corrected chi connectivity index (χ3v) is 2.96. The molecular weight excluding hydrogens is 190 g/mol. The van der Waals surface area contributed by atoms with Crippen molar-refractivity contribution in [3.05, 3.63) is 18.0 Å². The van der Waals surface area contributed by atoms with Crippen molar-refractivity contribution >= 4 is 0 Å². The molecule has 1 aromatic heterocycles. The Morgan fingerprint density at radius 2 is 2.53 bits per heavy atom. The molecule has 2 rings (SSSR count). The van der Waals surface area contributed by atoms with Crippen LogP contribution in [0.4, 0.5) is 0 Å². The van der Waals surface area contributed by atoms with Gasteiger partial charge in [0.05, 0.1) is 12.7 Å². The van der Waals surface area contributed by atoms with Gasteiger partial charge >= 0.3 is 0 Å². The van der Waals surface area contributed by atoms with E-state index in [9.17, 15) is 0 Å². The number of hydrogen-bond acceptors (Lipinski definition) is 4. The maximum atomic E-state index is 5.12. The molecule has 0 bridgehead atoms. The quantitative estimate of drug-likeness (QED) is 0.809. The number of aromatic nitrogens is 1. The number of rotatable bonds is 3. The van der Waals surface area contributed by atoms with Gasteiger partial charge in [0.15, 0.2) is 5.76 Å². The average molecular weight is 209 g/mol. The van der Waals surface area contributed by atoms with Gasteiger partial charge in [0, 0.05) is 31.7 Å². The van der Waals surface area contributed by atoms with Gasteiger partial charge in [-0.15, -0.1) is 0 Å². The Bertz CT molecular complexity index is 284. The molecule has 2 heterocycles. The summed E-state index contributed by atoms with van der Waals surface area (Å²) in [5, 5.41) is 7.26. The largest absolute Gasteiger partial charge is 0.360 e. The monoisotopic (exact) mass is 209 g/mol.